The number of halogens is 2. The van der Waals surface area contributed by atoms with Crippen LogP contribution in [0.4, 0.5) is 5.82 Å². The number of aliphatic hydroxyl groups is 1. The molecule has 0 saturated heterocycles. The minimum Gasteiger partial charge on any atom is -0.386 e. The number of aromatic nitrogens is 2. The van der Waals surface area contributed by atoms with Crippen LogP contribution in [0.5, 0.6) is 0 Å². The summed E-state index contributed by atoms with van der Waals surface area (Å²) in [4.78, 5) is 7.85. The summed E-state index contributed by atoms with van der Waals surface area (Å²) in [5, 5.41) is 22.7. The van der Waals surface area contributed by atoms with Crippen LogP contribution in [0, 0.1) is 11.3 Å². The summed E-state index contributed by atoms with van der Waals surface area (Å²) in [6.07, 6.45) is 1.95. The second-order valence-corrected chi connectivity index (χ2v) is 4.71. The molecule has 2 rings (SSSR count). The lowest BCUT2D eigenvalue weighted by molar-refractivity contribution is 0.191. The molecule has 1 heterocycles. The average Bonchev–Trinajstić information content (AvgIpc) is 2.45. The molecule has 1 aromatic carbocycles. The van der Waals surface area contributed by atoms with E-state index in [1.165, 1.54) is 12.4 Å². The molecular weight excluding hydrogens is 299 g/mol. The predicted octanol–water partition coefficient (Wildman–Crippen LogP) is 2.80. The van der Waals surface area contributed by atoms with Gasteiger partial charge in [-0.15, -0.1) is 0 Å². The van der Waals surface area contributed by atoms with Crippen LogP contribution in [0.25, 0.3) is 0 Å². The summed E-state index contributed by atoms with van der Waals surface area (Å²) in [5.41, 5.74) is 0.593. The Morgan fingerprint density at radius 1 is 1.25 bits per heavy atom. The van der Waals surface area contributed by atoms with Crippen LogP contribution in [0.1, 0.15) is 17.4 Å². The maximum atomic E-state index is 10.1. The molecule has 0 aliphatic carbocycles. The number of hydrogen-bond donors (Lipinski definition) is 2. The summed E-state index contributed by atoms with van der Waals surface area (Å²) in [5.74, 6) is 0.303. The van der Waals surface area contributed by atoms with Crippen molar-refractivity contribution in [3.63, 3.8) is 0 Å². The Balaban J connectivity index is 2.13. The third-order valence-corrected chi connectivity index (χ3v) is 3.26. The average molecular weight is 309 g/mol. The van der Waals surface area contributed by atoms with Crippen molar-refractivity contribution >= 4 is 29.0 Å². The van der Waals surface area contributed by atoms with E-state index in [-0.39, 0.29) is 12.2 Å². The van der Waals surface area contributed by atoms with E-state index in [9.17, 15) is 5.11 Å². The topological polar surface area (TPSA) is 81.8 Å². The molecule has 2 N–H and O–H groups in total. The van der Waals surface area contributed by atoms with Crippen molar-refractivity contribution in [2.45, 2.75) is 6.10 Å². The molecular formula is C13H10Cl2N4O. The van der Waals surface area contributed by atoms with Crippen molar-refractivity contribution in [1.29, 1.82) is 5.26 Å². The number of nitrogens with zero attached hydrogens (tertiary/aromatic N) is 3. The van der Waals surface area contributed by atoms with Gasteiger partial charge in [0.1, 0.15) is 6.07 Å². The van der Waals surface area contributed by atoms with Gasteiger partial charge in [0.05, 0.1) is 6.10 Å². The quantitative estimate of drug-likeness (QED) is 0.907. The van der Waals surface area contributed by atoms with E-state index in [0.29, 0.717) is 21.4 Å². The summed E-state index contributed by atoms with van der Waals surface area (Å²) in [6, 6.07) is 6.91. The van der Waals surface area contributed by atoms with Crippen molar-refractivity contribution < 1.29 is 5.11 Å². The van der Waals surface area contributed by atoms with Gasteiger partial charge >= 0.3 is 0 Å². The molecule has 0 saturated carbocycles. The zero-order valence-electron chi connectivity index (χ0n) is 10.2. The molecule has 1 atom stereocenters. The molecule has 2 aromatic rings. The van der Waals surface area contributed by atoms with Crippen molar-refractivity contribution in [1.82, 2.24) is 9.97 Å². The molecule has 102 valence electrons. The lowest BCUT2D eigenvalue weighted by Crippen LogP contribution is -2.15. The minimum atomic E-state index is -0.926. The second-order valence-electron chi connectivity index (χ2n) is 3.90. The van der Waals surface area contributed by atoms with Crippen LogP contribution >= 0.6 is 23.2 Å². The molecule has 7 heteroatoms. The van der Waals surface area contributed by atoms with E-state index in [1.807, 2.05) is 6.07 Å². The summed E-state index contributed by atoms with van der Waals surface area (Å²) in [7, 11) is 0. The first-order valence-electron chi connectivity index (χ1n) is 5.70. The van der Waals surface area contributed by atoms with Gasteiger partial charge in [-0.2, -0.15) is 5.26 Å². The summed E-state index contributed by atoms with van der Waals surface area (Å²) in [6.45, 7) is 0.108. The highest BCUT2D eigenvalue weighted by Gasteiger charge is 2.16. The van der Waals surface area contributed by atoms with Gasteiger partial charge in [-0.3, -0.25) is 0 Å². The van der Waals surface area contributed by atoms with Gasteiger partial charge < -0.3 is 10.4 Å². The van der Waals surface area contributed by atoms with Gasteiger partial charge in [-0.05, 0) is 12.1 Å². The van der Waals surface area contributed by atoms with E-state index in [1.54, 1.807) is 18.2 Å². The Morgan fingerprint density at radius 3 is 2.55 bits per heavy atom. The highest BCUT2D eigenvalue weighted by Crippen LogP contribution is 2.30. The number of rotatable bonds is 4. The smallest absolute Gasteiger partial charge is 0.182 e. The first kappa shape index (κ1) is 14.5. The molecule has 0 radical (unpaired) electrons. The Kier molecular flexibility index (Phi) is 4.74. The van der Waals surface area contributed by atoms with Gasteiger partial charge in [0.2, 0.25) is 0 Å². The molecule has 5 nitrogen and oxygen atoms in total. The van der Waals surface area contributed by atoms with Crippen LogP contribution in [0.3, 0.4) is 0 Å². The van der Waals surface area contributed by atoms with Crippen molar-refractivity contribution in [3.8, 4) is 6.07 Å². The highest BCUT2D eigenvalue weighted by molar-refractivity contribution is 6.36. The van der Waals surface area contributed by atoms with Gasteiger partial charge in [0.15, 0.2) is 11.5 Å². The molecule has 0 fully saturated rings. The molecule has 0 bridgehead atoms. The Morgan fingerprint density at radius 2 is 1.90 bits per heavy atom. The SMILES string of the molecule is N#Cc1nccnc1NC[C@@H](O)c1c(Cl)cccc1Cl. The van der Waals surface area contributed by atoms with Crippen molar-refractivity contribution in [3.05, 3.63) is 51.9 Å². The fourth-order valence-electron chi connectivity index (χ4n) is 1.67. The van der Waals surface area contributed by atoms with Crippen LogP contribution in [0.2, 0.25) is 10.0 Å². The van der Waals surface area contributed by atoms with Crippen LogP contribution in [-0.4, -0.2) is 21.6 Å². The van der Waals surface area contributed by atoms with Gasteiger partial charge in [-0.25, -0.2) is 9.97 Å². The number of aliphatic hydroxyl groups excluding tert-OH is 1. The van der Waals surface area contributed by atoms with E-state index in [2.05, 4.69) is 15.3 Å². The number of benzene rings is 1. The van der Waals surface area contributed by atoms with E-state index in [4.69, 9.17) is 28.5 Å². The van der Waals surface area contributed by atoms with Gasteiger partial charge in [0.25, 0.3) is 0 Å². The zero-order chi connectivity index (χ0) is 14.5. The van der Waals surface area contributed by atoms with E-state index < -0.39 is 6.10 Å². The van der Waals surface area contributed by atoms with Crippen LogP contribution < -0.4 is 5.32 Å². The van der Waals surface area contributed by atoms with Crippen LogP contribution in [0.15, 0.2) is 30.6 Å². The minimum absolute atomic E-state index is 0.108. The van der Waals surface area contributed by atoms with Gasteiger partial charge in [-0.1, -0.05) is 29.3 Å². The molecule has 0 spiro atoms. The van der Waals surface area contributed by atoms with Gasteiger partial charge in [0, 0.05) is 34.5 Å². The maximum absolute atomic E-state index is 10.1. The van der Waals surface area contributed by atoms with E-state index >= 15 is 0 Å². The molecule has 0 aliphatic rings. The van der Waals surface area contributed by atoms with Crippen molar-refractivity contribution in [2.75, 3.05) is 11.9 Å². The third kappa shape index (κ3) is 3.17. The number of hydrogen-bond acceptors (Lipinski definition) is 5. The summed E-state index contributed by atoms with van der Waals surface area (Å²) < 4.78 is 0. The highest BCUT2D eigenvalue weighted by atomic mass is 35.5. The van der Waals surface area contributed by atoms with E-state index in [0.717, 1.165) is 0 Å². The Hall–Kier alpha value is -1.87. The largest absolute Gasteiger partial charge is 0.386 e. The third-order valence-electron chi connectivity index (χ3n) is 2.60. The monoisotopic (exact) mass is 308 g/mol. The number of nitrogens with one attached hydrogen (secondary N) is 1. The fraction of sp³-hybridized carbons (Fsp3) is 0.154. The zero-order valence-corrected chi connectivity index (χ0v) is 11.7. The molecule has 0 aliphatic heterocycles. The second kappa shape index (κ2) is 6.53. The lowest BCUT2D eigenvalue weighted by atomic mass is 10.1. The number of nitriles is 1. The number of anilines is 1. The van der Waals surface area contributed by atoms with Crippen molar-refractivity contribution in [2.24, 2.45) is 0 Å². The first-order chi connectivity index (χ1) is 9.63. The standard InChI is InChI=1S/C13H10Cl2N4O/c14-8-2-1-3-9(15)12(8)11(20)7-19-13-10(6-16)17-4-5-18-13/h1-5,11,20H,7H2,(H,18,19)/t11-/m1/s1. The molecule has 0 unspecified atom stereocenters. The Labute approximate surface area is 125 Å². The maximum Gasteiger partial charge on any atom is 0.182 e. The lowest BCUT2D eigenvalue weighted by Gasteiger charge is -2.15. The Bertz CT molecular complexity index is 637. The predicted molar refractivity (Wildman–Crippen MR) is 76.7 cm³/mol. The fourth-order valence-corrected chi connectivity index (χ4v) is 2.32. The first-order valence-corrected chi connectivity index (χ1v) is 6.46. The summed E-state index contributed by atoms with van der Waals surface area (Å²) >= 11 is 12.0. The van der Waals surface area contributed by atoms with Crippen LogP contribution in [-0.2, 0) is 0 Å². The normalized spacial score (nSPS) is 11.7. The molecule has 20 heavy (non-hydrogen) atoms. The molecule has 0 amide bonds. The molecule has 1 aromatic heterocycles.